The van der Waals surface area contributed by atoms with Gasteiger partial charge in [0.1, 0.15) is 0 Å². The molecule has 1 aromatic rings. The molecule has 0 bridgehead atoms. The third-order valence-electron chi connectivity index (χ3n) is 1.75. The molecule has 0 aliphatic carbocycles. The van der Waals surface area contributed by atoms with Crippen LogP contribution in [0.3, 0.4) is 0 Å². The van der Waals surface area contributed by atoms with Crippen molar-refractivity contribution in [2.75, 3.05) is 0 Å². The number of aryl methyl sites for hydroxylation is 2. The summed E-state index contributed by atoms with van der Waals surface area (Å²) in [6, 6.07) is 6.16. The maximum Gasteiger partial charge on any atom is 0.0687 e. The smallest absolute Gasteiger partial charge is 0.0687 e. The van der Waals surface area contributed by atoms with Gasteiger partial charge in [0.25, 0.3) is 0 Å². The summed E-state index contributed by atoms with van der Waals surface area (Å²) < 4.78 is 0. The van der Waals surface area contributed by atoms with Crippen LogP contribution in [-0.2, 0) is 0 Å². The van der Waals surface area contributed by atoms with Gasteiger partial charge in [-0.1, -0.05) is 72.4 Å². The van der Waals surface area contributed by atoms with Gasteiger partial charge in [0.2, 0.25) is 0 Å². The molecule has 0 aliphatic rings. The Morgan fingerprint density at radius 3 is 1.61 bits per heavy atom. The Balaban J connectivity index is -0.000000328. The van der Waals surface area contributed by atoms with Crippen LogP contribution in [0.1, 0.15) is 52.7 Å². The van der Waals surface area contributed by atoms with E-state index >= 15 is 0 Å². The van der Waals surface area contributed by atoms with E-state index in [1.165, 1.54) is 11.1 Å². The standard InChI is InChI=1S/C11H13N.3C2H6/c1-4-8-12-11-9(2)6-5-7-10(11)3;3*1-2/h4-8H,1H2,2-3H3;3*1-2H3. The van der Waals surface area contributed by atoms with Gasteiger partial charge < -0.3 is 0 Å². The van der Waals surface area contributed by atoms with E-state index in [9.17, 15) is 0 Å². The molecule has 0 N–H and O–H groups in total. The minimum absolute atomic E-state index is 1.05. The Morgan fingerprint density at radius 2 is 1.28 bits per heavy atom. The molecule has 1 nitrogen and oxygen atoms in total. The molecule has 0 unspecified atom stereocenters. The number of nitrogens with zero attached hydrogens (tertiary/aromatic N) is 1. The van der Waals surface area contributed by atoms with Crippen molar-refractivity contribution in [2.24, 2.45) is 4.99 Å². The van der Waals surface area contributed by atoms with Crippen LogP contribution in [0.5, 0.6) is 0 Å². The highest BCUT2D eigenvalue weighted by Gasteiger charge is 1.96. The summed E-state index contributed by atoms with van der Waals surface area (Å²) >= 11 is 0. The van der Waals surface area contributed by atoms with Crippen molar-refractivity contribution in [1.82, 2.24) is 0 Å². The lowest BCUT2D eigenvalue weighted by molar-refractivity contribution is 1.33. The second kappa shape index (κ2) is 18.0. The Hall–Kier alpha value is -1.37. The Morgan fingerprint density at radius 1 is 0.889 bits per heavy atom. The largest absolute Gasteiger partial charge is 0.256 e. The predicted molar refractivity (Wildman–Crippen MR) is 88.3 cm³/mol. The normalized spacial score (nSPS) is 8.00. The van der Waals surface area contributed by atoms with E-state index in [0.29, 0.717) is 0 Å². The quantitative estimate of drug-likeness (QED) is 0.548. The Bertz CT molecular complexity index is 291. The van der Waals surface area contributed by atoms with Gasteiger partial charge in [-0.3, -0.25) is 4.99 Å². The first kappa shape index (κ1) is 21.9. The second-order valence-corrected chi connectivity index (χ2v) is 2.75. The molecule has 1 heteroatoms. The van der Waals surface area contributed by atoms with Gasteiger partial charge in [0.05, 0.1) is 5.69 Å². The van der Waals surface area contributed by atoms with Crippen LogP contribution in [0.2, 0.25) is 0 Å². The van der Waals surface area contributed by atoms with Crippen molar-refractivity contribution in [3.8, 4) is 0 Å². The lowest BCUT2D eigenvalue weighted by Crippen LogP contribution is -1.79. The van der Waals surface area contributed by atoms with Crippen molar-refractivity contribution >= 4 is 11.9 Å². The minimum Gasteiger partial charge on any atom is -0.256 e. The van der Waals surface area contributed by atoms with Crippen molar-refractivity contribution in [3.63, 3.8) is 0 Å². The van der Waals surface area contributed by atoms with Crippen LogP contribution in [0.15, 0.2) is 35.8 Å². The van der Waals surface area contributed by atoms with Gasteiger partial charge >= 0.3 is 0 Å². The second-order valence-electron chi connectivity index (χ2n) is 2.75. The monoisotopic (exact) mass is 249 g/mol. The third kappa shape index (κ3) is 9.83. The van der Waals surface area contributed by atoms with Crippen LogP contribution in [0.25, 0.3) is 0 Å². The fraction of sp³-hybridized carbons (Fsp3) is 0.471. The Labute approximate surface area is 115 Å². The van der Waals surface area contributed by atoms with E-state index in [-0.39, 0.29) is 0 Å². The molecule has 0 amide bonds. The summed E-state index contributed by atoms with van der Waals surface area (Å²) in [4.78, 5) is 4.28. The lowest BCUT2D eigenvalue weighted by atomic mass is 10.1. The molecular weight excluding hydrogens is 218 g/mol. The number of hydrogen-bond acceptors (Lipinski definition) is 1. The fourth-order valence-corrected chi connectivity index (χ4v) is 1.14. The average molecular weight is 249 g/mol. The van der Waals surface area contributed by atoms with E-state index < -0.39 is 0 Å². The highest BCUT2D eigenvalue weighted by Crippen LogP contribution is 2.22. The van der Waals surface area contributed by atoms with Gasteiger partial charge in [0.15, 0.2) is 0 Å². The summed E-state index contributed by atoms with van der Waals surface area (Å²) in [6.07, 6.45) is 3.40. The SMILES string of the molecule is C=CC=Nc1c(C)cccc1C.CC.CC.CC. The molecule has 0 heterocycles. The van der Waals surface area contributed by atoms with Crippen molar-refractivity contribution in [2.45, 2.75) is 55.4 Å². The van der Waals surface area contributed by atoms with Gasteiger partial charge in [-0.15, -0.1) is 0 Å². The van der Waals surface area contributed by atoms with Gasteiger partial charge in [0, 0.05) is 6.21 Å². The van der Waals surface area contributed by atoms with Crippen molar-refractivity contribution < 1.29 is 0 Å². The summed E-state index contributed by atoms with van der Waals surface area (Å²) in [6.45, 7) is 19.7. The highest BCUT2D eigenvalue weighted by molar-refractivity contribution is 5.75. The first-order valence-electron chi connectivity index (χ1n) is 6.97. The fourth-order valence-electron chi connectivity index (χ4n) is 1.14. The van der Waals surface area contributed by atoms with E-state index in [2.05, 4.69) is 37.6 Å². The van der Waals surface area contributed by atoms with Crippen LogP contribution < -0.4 is 0 Å². The van der Waals surface area contributed by atoms with E-state index in [4.69, 9.17) is 0 Å². The molecule has 0 fully saturated rings. The van der Waals surface area contributed by atoms with Crippen LogP contribution in [-0.4, -0.2) is 6.21 Å². The average Bonchev–Trinajstić information content (AvgIpc) is 2.45. The molecule has 0 atom stereocenters. The van der Waals surface area contributed by atoms with E-state index in [1.54, 1.807) is 12.3 Å². The molecule has 0 radical (unpaired) electrons. The number of allylic oxidation sites excluding steroid dienone is 1. The molecular formula is C17H31N. The molecule has 18 heavy (non-hydrogen) atoms. The molecule has 104 valence electrons. The zero-order valence-corrected chi connectivity index (χ0v) is 13.5. The zero-order valence-electron chi connectivity index (χ0n) is 13.5. The molecule has 1 rings (SSSR count). The first-order valence-corrected chi connectivity index (χ1v) is 6.97. The summed E-state index contributed by atoms with van der Waals surface area (Å²) in [5.74, 6) is 0. The molecule has 1 aromatic carbocycles. The number of aliphatic imine (C=N–C) groups is 1. The molecule has 0 saturated heterocycles. The molecule has 0 saturated carbocycles. The van der Waals surface area contributed by atoms with Gasteiger partial charge in [-0.2, -0.15) is 0 Å². The van der Waals surface area contributed by atoms with Crippen LogP contribution in [0.4, 0.5) is 5.69 Å². The Kier molecular flexibility index (Phi) is 21.9. The van der Waals surface area contributed by atoms with Gasteiger partial charge in [-0.25, -0.2) is 0 Å². The van der Waals surface area contributed by atoms with E-state index in [0.717, 1.165) is 5.69 Å². The topological polar surface area (TPSA) is 12.4 Å². The number of benzene rings is 1. The molecule has 0 spiro atoms. The summed E-state index contributed by atoms with van der Waals surface area (Å²) in [5.41, 5.74) is 3.46. The first-order chi connectivity index (χ1) is 8.75. The number of rotatable bonds is 2. The number of para-hydroxylation sites is 1. The van der Waals surface area contributed by atoms with E-state index in [1.807, 2.05) is 47.6 Å². The molecule has 0 aliphatic heterocycles. The van der Waals surface area contributed by atoms with Gasteiger partial charge in [-0.05, 0) is 25.0 Å². The lowest BCUT2D eigenvalue weighted by Gasteiger charge is -2.02. The minimum atomic E-state index is 1.05. The summed E-state index contributed by atoms with van der Waals surface area (Å²) in [7, 11) is 0. The summed E-state index contributed by atoms with van der Waals surface area (Å²) in [5, 5.41) is 0. The highest BCUT2D eigenvalue weighted by atomic mass is 14.7. The van der Waals surface area contributed by atoms with Crippen LogP contribution in [0, 0.1) is 13.8 Å². The zero-order chi connectivity index (χ0) is 15.0. The maximum atomic E-state index is 4.28. The molecule has 0 aromatic heterocycles. The van der Waals surface area contributed by atoms with Crippen molar-refractivity contribution in [1.29, 1.82) is 0 Å². The predicted octanol–water partition coefficient (Wildman–Crippen LogP) is 6.27. The third-order valence-corrected chi connectivity index (χ3v) is 1.75. The van der Waals surface area contributed by atoms with Crippen LogP contribution >= 0.6 is 0 Å². The maximum absolute atomic E-state index is 4.28. The van der Waals surface area contributed by atoms with Crippen molar-refractivity contribution in [3.05, 3.63) is 42.0 Å². The number of hydrogen-bond donors (Lipinski definition) is 0.